The fourth-order valence-corrected chi connectivity index (χ4v) is 3.08. The molecule has 0 spiro atoms. The second kappa shape index (κ2) is 7.61. The van der Waals surface area contributed by atoms with Crippen LogP contribution in [0.25, 0.3) is 0 Å². The molecule has 5 heteroatoms. The maximum atomic E-state index is 9.29. The molecule has 0 unspecified atom stereocenters. The van der Waals surface area contributed by atoms with E-state index in [9.17, 15) is 5.11 Å². The first-order chi connectivity index (χ1) is 10.2. The Morgan fingerprint density at radius 2 is 1.90 bits per heavy atom. The number of thioether (sulfide) groups is 1. The number of benzene rings is 1. The van der Waals surface area contributed by atoms with Gasteiger partial charge in [-0.2, -0.15) is 0 Å². The van der Waals surface area contributed by atoms with Crippen LogP contribution in [0.2, 0.25) is 0 Å². The summed E-state index contributed by atoms with van der Waals surface area (Å²) in [5.74, 6) is 2.08. The molecular weight excluding hydrogens is 282 g/mol. The smallest absolute Gasteiger partial charge is 0.191 e. The number of hydrogen-bond acceptors (Lipinski definition) is 4. The van der Waals surface area contributed by atoms with Crippen LogP contribution in [0.15, 0.2) is 29.4 Å². The van der Waals surface area contributed by atoms with E-state index in [0.29, 0.717) is 11.7 Å². The van der Waals surface area contributed by atoms with Crippen molar-refractivity contribution >= 4 is 11.8 Å². The molecule has 0 saturated heterocycles. The van der Waals surface area contributed by atoms with Crippen molar-refractivity contribution in [2.24, 2.45) is 0 Å². The second-order valence-electron chi connectivity index (χ2n) is 5.39. The van der Waals surface area contributed by atoms with Crippen LogP contribution in [-0.2, 0) is 18.9 Å². The highest BCUT2D eigenvalue weighted by molar-refractivity contribution is 7.98. The lowest BCUT2D eigenvalue weighted by molar-refractivity contribution is 0.263. The van der Waals surface area contributed by atoms with Gasteiger partial charge in [0, 0.05) is 12.3 Å². The van der Waals surface area contributed by atoms with Crippen LogP contribution < -0.4 is 0 Å². The molecule has 0 aliphatic carbocycles. The average molecular weight is 305 g/mol. The summed E-state index contributed by atoms with van der Waals surface area (Å²) in [6, 6.07) is 8.73. The standard InChI is InChI=1S/C16H23N3OS/c1-4-9-19-15(10-20)17-18-16(19)21-11-13-5-7-14(8-6-13)12(2)3/h5-8,12,20H,4,9-11H2,1-3H3. The van der Waals surface area contributed by atoms with Crippen molar-refractivity contribution in [1.82, 2.24) is 14.8 Å². The van der Waals surface area contributed by atoms with Gasteiger partial charge in [0.25, 0.3) is 0 Å². The second-order valence-corrected chi connectivity index (χ2v) is 6.34. The number of aliphatic hydroxyl groups excluding tert-OH is 1. The fourth-order valence-electron chi connectivity index (χ4n) is 2.14. The summed E-state index contributed by atoms with van der Waals surface area (Å²) in [5, 5.41) is 18.4. The van der Waals surface area contributed by atoms with E-state index in [0.717, 1.165) is 23.9 Å². The van der Waals surface area contributed by atoms with Gasteiger partial charge in [-0.05, 0) is 23.5 Å². The number of aliphatic hydroxyl groups is 1. The third-order valence-electron chi connectivity index (χ3n) is 3.40. The summed E-state index contributed by atoms with van der Waals surface area (Å²) in [4.78, 5) is 0. The zero-order chi connectivity index (χ0) is 15.2. The molecule has 1 aromatic heterocycles. The minimum Gasteiger partial charge on any atom is -0.388 e. The van der Waals surface area contributed by atoms with Crippen LogP contribution in [0.5, 0.6) is 0 Å². The molecule has 0 radical (unpaired) electrons. The number of aromatic nitrogens is 3. The van der Waals surface area contributed by atoms with Crippen molar-refractivity contribution in [1.29, 1.82) is 0 Å². The zero-order valence-corrected chi connectivity index (χ0v) is 13.7. The van der Waals surface area contributed by atoms with Crippen molar-refractivity contribution in [3.05, 3.63) is 41.2 Å². The van der Waals surface area contributed by atoms with Crippen LogP contribution in [-0.4, -0.2) is 19.9 Å². The normalized spacial score (nSPS) is 11.3. The fraction of sp³-hybridized carbons (Fsp3) is 0.500. The van der Waals surface area contributed by atoms with Crippen molar-refractivity contribution in [3.63, 3.8) is 0 Å². The van der Waals surface area contributed by atoms with E-state index in [2.05, 4.69) is 55.2 Å². The first-order valence-corrected chi connectivity index (χ1v) is 8.38. The Morgan fingerprint density at radius 3 is 2.48 bits per heavy atom. The predicted molar refractivity (Wildman–Crippen MR) is 86.3 cm³/mol. The largest absolute Gasteiger partial charge is 0.388 e. The van der Waals surface area contributed by atoms with Gasteiger partial charge in [-0.3, -0.25) is 0 Å². The third kappa shape index (κ3) is 4.08. The Kier molecular flexibility index (Phi) is 5.82. The van der Waals surface area contributed by atoms with Crippen LogP contribution in [0.1, 0.15) is 50.1 Å². The Labute approximate surface area is 130 Å². The Morgan fingerprint density at radius 1 is 1.19 bits per heavy atom. The van der Waals surface area contributed by atoms with Crippen LogP contribution in [0.3, 0.4) is 0 Å². The molecule has 21 heavy (non-hydrogen) atoms. The molecule has 4 nitrogen and oxygen atoms in total. The van der Waals surface area contributed by atoms with E-state index in [-0.39, 0.29) is 6.61 Å². The molecule has 0 fully saturated rings. The van der Waals surface area contributed by atoms with Gasteiger partial charge in [0.05, 0.1) is 0 Å². The lowest BCUT2D eigenvalue weighted by atomic mass is 10.0. The van der Waals surface area contributed by atoms with Gasteiger partial charge in [0.2, 0.25) is 0 Å². The molecule has 1 heterocycles. The van der Waals surface area contributed by atoms with Crippen molar-refractivity contribution in [2.75, 3.05) is 0 Å². The molecule has 0 aliphatic rings. The third-order valence-corrected chi connectivity index (χ3v) is 4.43. The number of nitrogens with zero attached hydrogens (tertiary/aromatic N) is 3. The van der Waals surface area contributed by atoms with Crippen molar-refractivity contribution < 1.29 is 5.11 Å². The van der Waals surface area contributed by atoms with Gasteiger partial charge in [0.15, 0.2) is 11.0 Å². The topological polar surface area (TPSA) is 50.9 Å². The van der Waals surface area contributed by atoms with E-state index < -0.39 is 0 Å². The monoisotopic (exact) mass is 305 g/mol. The first-order valence-electron chi connectivity index (χ1n) is 7.40. The molecule has 0 aliphatic heterocycles. The molecule has 2 aromatic rings. The summed E-state index contributed by atoms with van der Waals surface area (Å²) in [6.45, 7) is 7.30. The van der Waals surface area contributed by atoms with Crippen molar-refractivity contribution in [3.8, 4) is 0 Å². The molecule has 0 bridgehead atoms. The first kappa shape index (κ1) is 16.0. The van der Waals surface area contributed by atoms with Gasteiger partial charge in [-0.25, -0.2) is 0 Å². The lowest BCUT2D eigenvalue weighted by Gasteiger charge is -2.08. The zero-order valence-electron chi connectivity index (χ0n) is 12.9. The van der Waals surface area contributed by atoms with Gasteiger partial charge < -0.3 is 9.67 Å². The Hall–Kier alpha value is -1.33. The molecule has 1 N–H and O–H groups in total. The molecule has 0 atom stereocenters. The summed E-state index contributed by atoms with van der Waals surface area (Å²) in [5.41, 5.74) is 2.64. The highest BCUT2D eigenvalue weighted by Gasteiger charge is 2.11. The van der Waals surface area contributed by atoms with Crippen LogP contribution in [0.4, 0.5) is 0 Å². The van der Waals surface area contributed by atoms with E-state index in [1.54, 1.807) is 11.8 Å². The minimum atomic E-state index is -0.0589. The number of rotatable bonds is 7. The van der Waals surface area contributed by atoms with Crippen LogP contribution in [0, 0.1) is 0 Å². The maximum absolute atomic E-state index is 9.29. The van der Waals surface area contributed by atoms with Gasteiger partial charge >= 0.3 is 0 Å². The van der Waals surface area contributed by atoms with Gasteiger partial charge in [0.1, 0.15) is 6.61 Å². The molecule has 1 aromatic carbocycles. The number of hydrogen-bond donors (Lipinski definition) is 1. The maximum Gasteiger partial charge on any atom is 0.191 e. The average Bonchev–Trinajstić information content (AvgIpc) is 2.88. The lowest BCUT2D eigenvalue weighted by Crippen LogP contribution is -2.04. The SMILES string of the molecule is CCCn1c(CO)nnc1SCc1ccc(C(C)C)cc1. The Balaban J connectivity index is 2.04. The van der Waals surface area contributed by atoms with Gasteiger partial charge in [-0.15, -0.1) is 10.2 Å². The van der Waals surface area contributed by atoms with E-state index in [4.69, 9.17) is 0 Å². The molecule has 0 saturated carbocycles. The highest BCUT2D eigenvalue weighted by Crippen LogP contribution is 2.23. The van der Waals surface area contributed by atoms with E-state index in [1.165, 1.54) is 11.1 Å². The van der Waals surface area contributed by atoms with Gasteiger partial charge in [-0.1, -0.05) is 56.8 Å². The van der Waals surface area contributed by atoms with E-state index in [1.807, 2.05) is 4.57 Å². The van der Waals surface area contributed by atoms with Crippen LogP contribution >= 0.6 is 11.8 Å². The Bertz CT molecular complexity index is 563. The quantitative estimate of drug-likeness (QED) is 0.794. The predicted octanol–water partition coefficient (Wildman–Crippen LogP) is 3.60. The molecule has 0 amide bonds. The van der Waals surface area contributed by atoms with E-state index >= 15 is 0 Å². The summed E-state index contributed by atoms with van der Waals surface area (Å²) in [7, 11) is 0. The van der Waals surface area contributed by atoms with Crippen molar-refractivity contribution in [2.45, 2.75) is 57.2 Å². The molecular formula is C16H23N3OS. The molecule has 2 rings (SSSR count). The molecule has 114 valence electrons. The summed E-state index contributed by atoms with van der Waals surface area (Å²) < 4.78 is 2.01. The highest BCUT2D eigenvalue weighted by atomic mass is 32.2. The minimum absolute atomic E-state index is 0.0589. The summed E-state index contributed by atoms with van der Waals surface area (Å²) >= 11 is 1.67. The summed E-state index contributed by atoms with van der Waals surface area (Å²) in [6.07, 6.45) is 1.00.